The van der Waals surface area contributed by atoms with Crippen molar-refractivity contribution in [1.82, 2.24) is 0 Å². The van der Waals surface area contributed by atoms with Gasteiger partial charge in [0, 0.05) is 0 Å². The van der Waals surface area contributed by atoms with Crippen LogP contribution in [0.2, 0.25) is 0 Å². The Balaban J connectivity index is 4.51. The Kier molecular flexibility index (Phi) is 4.76. The van der Waals surface area contributed by atoms with E-state index in [4.69, 9.17) is 0 Å². The zero-order valence-electron chi connectivity index (χ0n) is 9.59. The first-order chi connectivity index (χ1) is 5.88. The maximum Gasteiger partial charge on any atom is -0.0132 e. The average Bonchev–Trinajstić information content (AvgIpc) is 1.95. The van der Waals surface area contributed by atoms with E-state index in [1.807, 2.05) is 6.08 Å². The lowest BCUT2D eigenvalue weighted by atomic mass is 9.86. The van der Waals surface area contributed by atoms with E-state index < -0.39 is 0 Å². The zero-order valence-corrected chi connectivity index (χ0v) is 9.59. The maximum atomic E-state index is 3.82. The van der Waals surface area contributed by atoms with E-state index in [0.717, 1.165) is 0 Å². The van der Waals surface area contributed by atoms with Gasteiger partial charge in [-0.05, 0) is 16.9 Å². The lowest BCUT2D eigenvalue weighted by Crippen LogP contribution is -2.06. The second-order valence-electron chi connectivity index (χ2n) is 4.71. The van der Waals surface area contributed by atoms with E-state index in [0.29, 0.717) is 5.92 Å². The van der Waals surface area contributed by atoms with Crippen molar-refractivity contribution in [2.75, 3.05) is 0 Å². The lowest BCUT2D eigenvalue weighted by molar-refractivity contribution is 0.517. The Labute approximate surface area is 83.0 Å². The van der Waals surface area contributed by atoms with Gasteiger partial charge in [-0.3, -0.25) is 0 Å². The molecule has 0 fully saturated rings. The third-order valence-corrected chi connectivity index (χ3v) is 1.86. The quantitative estimate of drug-likeness (QED) is 0.563. The molecule has 0 bridgehead atoms. The molecular weight excluding hydrogens is 156 g/mol. The molecule has 0 heteroatoms. The van der Waals surface area contributed by atoms with Crippen molar-refractivity contribution in [3.05, 3.63) is 36.5 Å². The highest BCUT2D eigenvalue weighted by molar-refractivity contribution is 5.27. The molecular formula is C13H22. The molecule has 0 aromatic carbocycles. The van der Waals surface area contributed by atoms with Gasteiger partial charge >= 0.3 is 0 Å². The van der Waals surface area contributed by atoms with Crippen LogP contribution in [0.15, 0.2) is 36.5 Å². The van der Waals surface area contributed by atoms with Gasteiger partial charge < -0.3 is 0 Å². The molecule has 0 aromatic rings. The molecule has 0 aliphatic heterocycles. The van der Waals surface area contributed by atoms with Gasteiger partial charge in [-0.1, -0.05) is 65.5 Å². The molecule has 0 aliphatic carbocycles. The summed E-state index contributed by atoms with van der Waals surface area (Å²) in [5, 5.41) is 0. The maximum absolute atomic E-state index is 3.82. The molecule has 0 atom stereocenters. The molecule has 13 heavy (non-hydrogen) atoms. The van der Waals surface area contributed by atoms with Crippen LogP contribution in [0.25, 0.3) is 0 Å². The highest BCUT2D eigenvalue weighted by atomic mass is 14.2. The Hall–Kier alpha value is -0.780. The summed E-state index contributed by atoms with van der Waals surface area (Å²) in [4.78, 5) is 0. The Morgan fingerprint density at radius 1 is 1.23 bits per heavy atom. The van der Waals surface area contributed by atoms with Gasteiger partial charge in [0.05, 0.1) is 0 Å². The minimum atomic E-state index is 0.197. The first-order valence-electron chi connectivity index (χ1n) is 4.89. The van der Waals surface area contributed by atoms with Crippen LogP contribution >= 0.6 is 0 Å². The van der Waals surface area contributed by atoms with Crippen LogP contribution in [0.1, 0.15) is 34.6 Å². The minimum absolute atomic E-state index is 0.197. The van der Waals surface area contributed by atoms with E-state index in [1.54, 1.807) is 0 Å². The summed E-state index contributed by atoms with van der Waals surface area (Å²) < 4.78 is 0. The predicted molar refractivity (Wildman–Crippen MR) is 61.7 cm³/mol. The topological polar surface area (TPSA) is 0 Å². The third-order valence-electron chi connectivity index (χ3n) is 1.86. The fraction of sp³-hybridized carbons (Fsp3) is 0.538. The normalized spacial score (nSPS) is 14.2. The molecule has 0 amide bonds. The zero-order chi connectivity index (χ0) is 10.5. The molecule has 0 radical (unpaired) electrons. The van der Waals surface area contributed by atoms with Crippen LogP contribution in [-0.4, -0.2) is 0 Å². The minimum Gasteiger partial charge on any atom is -0.0988 e. The van der Waals surface area contributed by atoms with Gasteiger partial charge in [0.25, 0.3) is 0 Å². The monoisotopic (exact) mass is 178 g/mol. The Morgan fingerprint density at radius 2 is 1.77 bits per heavy atom. The van der Waals surface area contributed by atoms with Crippen molar-refractivity contribution in [3.8, 4) is 0 Å². The van der Waals surface area contributed by atoms with Gasteiger partial charge in [0.2, 0.25) is 0 Å². The third kappa shape index (κ3) is 5.46. The van der Waals surface area contributed by atoms with Gasteiger partial charge in [-0.25, -0.2) is 0 Å². The summed E-state index contributed by atoms with van der Waals surface area (Å²) in [6.45, 7) is 14.8. The summed E-state index contributed by atoms with van der Waals surface area (Å²) in [5.74, 6) is 0.613. The molecule has 0 aliphatic rings. The van der Waals surface area contributed by atoms with Crippen LogP contribution in [-0.2, 0) is 0 Å². The molecule has 0 heterocycles. The summed E-state index contributed by atoms with van der Waals surface area (Å²) in [6.07, 6.45) is 8.39. The van der Waals surface area contributed by atoms with Gasteiger partial charge in [-0.2, -0.15) is 0 Å². The van der Waals surface area contributed by atoms with Crippen LogP contribution in [0, 0.1) is 11.3 Å². The molecule has 0 unspecified atom stereocenters. The fourth-order valence-corrected chi connectivity index (χ4v) is 1.01. The first-order valence-corrected chi connectivity index (χ1v) is 4.89. The molecule has 0 spiro atoms. The molecule has 0 saturated heterocycles. The summed E-state index contributed by atoms with van der Waals surface area (Å²) >= 11 is 0. The van der Waals surface area contributed by atoms with Crippen LogP contribution in [0.5, 0.6) is 0 Å². The Bertz CT molecular complexity index is 209. The van der Waals surface area contributed by atoms with E-state index in [-0.39, 0.29) is 5.41 Å². The summed E-state index contributed by atoms with van der Waals surface area (Å²) in [6, 6.07) is 0. The molecule has 0 aromatic heterocycles. The molecule has 0 nitrogen and oxygen atoms in total. The number of allylic oxidation sites excluding steroid dienone is 5. The SMILES string of the molecule is C=CC(=CC=CC(C)C)C(C)(C)C. The lowest BCUT2D eigenvalue weighted by Gasteiger charge is -2.19. The largest absolute Gasteiger partial charge is 0.0988 e. The smallest absolute Gasteiger partial charge is 0.0132 e. The Morgan fingerprint density at radius 3 is 2.08 bits per heavy atom. The van der Waals surface area contributed by atoms with Crippen molar-refractivity contribution in [2.45, 2.75) is 34.6 Å². The molecule has 0 saturated carbocycles. The van der Waals surface area contributed by atoms with Crippen molar-refractivity contribution < 1.29 is 0 Å². The standard InChI is InChI=1S/C13H22/c1-7-12(13(4,5)6)10-8-9-11(2)3/h7-11H,1H2,2-6H3. The van der Waals surface area contributed by atoms with Gasteiger partial charge in [0.15, 0.2) is 0 Å². The molecule has 0 N–H and O–H groups in total. The van der Waals surface area contributed by atoms with E-state index in [1.165, 1.54) is 5.57 Å². The first kappa shape index (κ1) is 12.2. The van der Waals surface area contributed by atoms with E-state index in [2.05, 4.69) is 59.4 Å². The van der Waals surface area contributed by atoms with E-state index in [9.17, 15) is 0 Å². The predicted octanol–water partition coefficient (Wildman–Crippen LogP) is 4.36. The van der Waals surface area contributed by atoms with E-state index >= 15 is 0 Å². The second-order valence-corrected chi connectivity index (χ2v) is 4.71. The number of rotatable bonds is 3. The molecule has 74 valence electrons. The van der Waals surface area contributed by atoms with Crippen molar-refractivity contribution in [2.24, 2.45) is 11.3 Å². The summed E-state index contributed by atoms with van der Waals surface area (Å²) in [5.41, 5.74) is 1.48. The fourth-order valence-electron chi connectivity index (χ4n) is 1.01. The summed E-state index contributed by atoms with van der Waals surface area (Å²) in [7, 11) is 0. The highest BCUT2D eigenvalue weighted by Crippen LogP contribution is 2.25. The second kappa shape index (κ2) is 5.06. The molecule has 0 rings (SSSR count). The van der Waals surface area contributed by atoms with Crippen LogP contribution in [0.4, 0.5) is 0 Å². The van der Waals surface area contributed by atoms with Gasteiger partial charge in [0.1, 0.15) is 0 Å². The average molecular weight is 178 g/mol. The highest BCUT2D eigenvalue weighted by Gasteiger charge is 2.12. The van der Waals surface area contributed by atoms with Crippen LogP contribution in [0.3, 0.4) is 0 Å². The van der Waals surface area contributed by atoms with Gasteiger partial charge in [-0.15, -0.1) is 0 Å². The van der Waals surface area contributed by atoms with Crippen molar-refractivity contribution in [1.29, 1.82) is 0 Å². The van der Waals surface area contributed by atoms with Crippen LogP contribution < -0.4 is 0 Å². The van der Waals surface area contributed by atoms with Crippen molar-refractivity contribution in [3.63, 3.8) is 0 Å². The number of hydrogen-bond acceptors (Lipinski definition) is 0. The number of hydrogen-bond donors (Lipinski definition) is 0. The van der Waals surface area contributed by atoms with Crippen molar-refractivity contribution >= 4 is 0 Å².